The van der Waals surface area contributed by atoms with Crippen molar-refractivity contribution in [3.05, 3.63) is 113 Å². The molecule has 4 rings (SSSR count). The predicted octanol–water partition coefficient (Wildman–Crippen LogP) is 2.56. The summed E-state index contributed by atoms with van der Waals surface area (Å²) in [6.07, 6.45) is 2.99. The topological polar surface area (TPSA) is 114 Å². The summed E-state index contributed by atoms with van der Waals surface area (Å²) in [6, 6.07) is 19.5. The monoisotopic (exact) mass is 470 g/mol. The van der Waals surface area contributed by atoms with E-state index in [4.69, 9.17) is 0 Å². The zero-order valence-corrected chi connectivity index (χ0v) is 18.5. The second-order valence-corrected chi connectivity index (χ2v) is 7.84. The highest BCUT2D eigenvalue weighted by atomic mass is 19.1. The highest BCUT2D eigenvalue weighted by molar-refractivity contribution is 6.06. The number of carbonyl (C=O) groups is 3. The van der Waals surface area contributed by atoms with Crippen LogP contribution in [0.5, 0.6) is 0 Å². The summed E-state index contributed by atoms with van der Waals surface area (Å²) in [4.78, 5) is 40.8. The summed E-state index contributed by atoms with van der Waals surface area (Å²) >= 11 is 0. The fourth-order valence-corrected chi connectivity index (χ4v) is 3.62. The first-order chi connectivity index (χ1) is 16.9. The number of carbonyl (C=O) groups excluding carboxylic acids is 3. The van der Waals surface area contributed by atoms with E-state index in [1.807, 2.05) is 24.3 Å². The van der Waals surface area contributed by atoms with Crippen LogP contribution in [0.3, 0.4) is 0 Å². The highest BCUT2D eigenvalue weighted by Crippen LogP contribution is 2.19. The summed E-state index contributed by atoms with van der Waals surface area (Å²) < 4.78 is 13.3. The Labute approximate surface area is 200 Å². The number of carboxylic acids is 1. The summed E-state index contributed by atoms with van der Waals surface area (Å²) in [7, 11) is 0. The molecule has 2 amide bonds. The molecule has 3 aromatic carbocycles. The zero-order valence-electron chi connectivity index (χ0n) is 18.5. The first-order valence-electron chi connectivity index (χ1n) is 10.8. The van der Waals surface area contributed by atoms with Crippen LogP contribution in [0.4, 0.5) is 4.39 Å². The third-order valence-corrected chi connectivity index (χ3v) is 5.40. The fraction of sp³-hybridized carbons (Fsp3) is 0.0741. The maximum atomic E-state index is 13.3. The lowest BCUT2D eigenvalue weighted by Crippen LogP contribution is -2.50. The average Bonchev–Trinajstić information content (AvgIpc) is 3.27. The maximum absolute atomic E-state index is 13.3. The SMILES string of the molecule is O=C(N[C@H](Cc1c[nH]c2ccccc12)C(=O)[O-])/C(=C\c1ccc(F)cc1)NC(=O)c1ccccc1. The smallest absolute Gasteiger partial charge is 0.268 e. The summed E-state index contributed by atoms with van der Waals surface area (Å²) in [5.74, 6) is -3.32. The molecule has 176 valence electrons. The lowest BCUT2D eigenvalue weighted by molar-refractivity contribution is -0.308. The van der Waals surface area contributed by atoms with Gasteiger partial charge in [-0.25, -0.2) is 4.39 Å². The molecule has 7 nitrogen and oxygen atoms in total. The van der Waals surface area contributed by atoms with Gasteiger partial charge in [0.05, 0.1) is 12.0 Å². The minimum Gasteiger partial charge on any atom is -0.548 e. The van der Waals surface area contributed by atoms with Gasteiger partial charge in [-0.15, -0.1) is 0 Å². The number of amides is 2. The number of rotatable bonds is 8. The van der Waals surface area contributed by atoms with Crippen LogP contribution in [0.25, 0.3) is 17.0 Å². The molecular weight excluding hydrogens is 449 g/mol. The molecule has 0 unspecified atom stereocenters. The number of aromatic amines is 1. The van der Waals surface area contributed by atoms with Crippen LogP contribution >= 0.6 is 0 Å². The Balaban J connectivity index is 1.59. The van der Waals surface area contributed by atoms with Crippen molar-refractivity contribution >= 4 is 34.8 Å². The van der Waals surface area contributed by atoms with Gasteiger partial charge in [0.1, 0.15) is 11.5 Å². The minimum atomic E-state index is -1.47. The number of halogens is 1. The molecule has 0 aliphatic rings. The third-order valence-electron chi connectivity index (χ3n) is 5.40. The number of aromatic nitrogens is 1. The van der Waals surface area contributed by atoms with Crippen molar-refractivity contribution in [3.63, 3.8) is 0 Å². The van der Waals surface area contributed by atoms with Gasteiger partial charge < -0.3 is 25.5 Å². The number of nitrogens with one attached hydrogen (secondary N) is 3. The van der Waals surface area contributed by atoms with Crippen molar-refractivity contribution in [1.82, 2.24) is 15.6 Å². The van der Waals surface area contributed by atoms with Gasteiger partial charge in [-0.2, -0.15) is 0 Å². The van der Waals surface area contributed by atoms with E-state index in [9.17, 15) is 23.9 Å². The van der Waals surface area contributed by atoms with Gasteiger partial charge in [0.2, 0.25) is 0 Å². The van der Waals surface area contributed by atoms with Crippen LogP contribution in [-0.4, -0.2) is 28.8 Å². The number of para-hydroxylation sites is 1. The second-order valence-electron chi connectivity index (χ2n) is 7.84. The van der Waals surface area contributed by atoms with Crippen molar-refractivity contribution in [1.29, 1.82) is 0 Å². The molecular formula is C27H21FN3O4-. The van der Waals surface area contributed by atoms with Gasteiger partial charge in [0, 0.05) is 29.1 Å². The Morgan fingerprint density at radius 2 is 1.63 bits per heavy atom. The van der Waals surface area contributed by atoms with E-state index in [-0.39, 0.29) is 12.1 Å². The number of hydrogen-bond acceptors (Lipinski definition) is 4. The lowest BCUT2D eigenvalue weighted by Gasteiger charge is -2.21. The van der Waals surface area contributed by atoms with Gasteiger partial charge in [-0.05, 0) is 47.5 Å². The van der Waals surface area contributed by atoms with Gasteiger partial charge in [0.15, 0.2) is 0 Å². The molecule has 0 aliphatic heterocycles. The number of fused-ring (bicyclic) bond motifs is 1. The van der Waals surface area contributed by atoms with E-state index in [1.54, 1.807) is 36.5 Å². The molecule has 0 saturated carbocycles. The molecule has 4 aromatic rings. The Hall–Kier alpha value is -4.72. The molecule has 1 atom stereocenters. The highest BCUT2D eigenvalue weighted by Gasteiger charge is 2.21. The number of benzene rings is 3. The Morgan fingerprint density at radius 3 is 2.34 bits per heavy atom. The Morgan fingerprint density at radius 1 is 0.943 bits per heavy atom. The van der Waals surface area contributed by atoms with Crippen LogP contribution in [0.2, 0.25) is 0 Å². The average molecular weight is 470 g/mol. The van der Waals surface area contributed by atoms with Crippen molar-refractivity contribution in [2.24, 2.45) is 0 Å². The van der Waals surface area contributed by atoms with Crippen molar-refractivity contribution in [2.45, 2.75) is 12.5 Å². The van der Waals surface area contributed by atoms with E-state index in [0.29, 0.717) is 16.7 Å². The van der Waals surface area contributed by atoms with Gasteiger partial charge >= 0.3 is 0 Å². The fourth-order valence-electron chi connectivity index (χ4n) is 3.62. The third kappa shape index (κ3) is 5.80. The number of H-pyrrole nitrogens is 1. The van der Waals surface area contributed by atoms with Crippen LogP contribution in [0.15, 0.2) is 90.8 Å². The first kappa shape index (κ1) is 23.4. The first-order valence-corrected chi connectivity index (χ1v) is 10.8. The maximum Gasteiger partial charge on any atom is 0.268 e. The van der Waals surface area contributed by atoms with Crippen LogP contribution in [0, 0.1) is 5.82 Å². The summed E-state index contributed by atoms with van der Waals surface area (Å²) in [5.41, 5.74) is 2.06. The Kier molecular flexibility index (Phi) is 7.02. The molecule has 3 N–H and O–H groups in total. The Bertz CT molecular complexity index is 1390. The van der Waals surface area contributed by atoms with Crippen molar-refractivity contribution in [2.75, 3.05) is 0 Å². The number of aliphatic carboxylic acids is 1. The number of carboxylic acid groups (broad SMARTS) is 1. The molecule has 0 bridgehead atoms. The van der Waals surface area contributed by atoms with Gasteiger partial charge in [-0.3, -0.25) is 9.59 Å². The zero-order chi connectivity index (χ0) is 24.8. The number of hydrogen-bond donors (Lipinski definition) is 3. The van der Waals surface area contributed by atoms with Gasteiger partial charge in [0.25, 0.3) is 11.8 Å². The summed E-state index contributed by atoms with van der Waals surface area (Å²) in [5, 5.41) is 17.7. The van der Waals surface area contributed by atoms with E-state index in [2.05, 4.69) is 15.6 Å². The summed E-state index contributed by atoms with van der Waals surface area (Å²) in [6.45, 7) is 0. The van der Waals surface area contributed by atoms with Gasteiger partial charge in [-0.1, -0.05) is 48.5 Å². The van der Waals surface area contributed by atoms with E-state index >= 15 is 0 Å². The molecule has 0 radical (unpaired) electrons. The quantitative estimate of drug-likeness (QED) is 0.344. The minimum absolute atomic E-state index is 0.0332. The van der Waals surface area contributed by atoms with Crippen molar-refractivity contribution in [3.8, 4) is 0 Å². The molecule has 35 heavy (non-hydrogen) atoms. The van der Waals surface area contributed by atoms with E-state index in [1.165, 1.54) is 30.3 Å². The molecule has 0 aliphatic carbocycles. The molecule has 0 saturated heterocycles. The van der Waals surface area contributed by atoms with Crippen molar-refractivity contribution < 1.29 is 23.9 Å². The van der Waals surface area contributed by atoms with Crippen LogP contribution in [0.1, 0.15) is 21.5 Å². The molecule has 0 fully saturated rings. The van der Waals surface area contributed by atoms with Crippen LogP contribution < -0.4 is 15.7 Å². The molecule has 1 aromatic heterocycles. The van der Waals surface area contributed by atoms with Crippen LogP contribution in [-0.2, 0) is 16.0 Å². The largest absolute Gasteiger partial charge is 0.548 e. The second kappa shape index (κ2) is 10.5. The van der Waals surface area contributed by atoms with E-state index < -0.39 is 29.6 Å². The standard InChI is InChI=1S/C27H22FN3O4/c28-20-12-10-17(11-13-20)14-23(30-25(32)18-6-2-1-3-7-18)26(33)31-24(27(34)35)15-19-16-29-22-9-5-4-8-21(19)22/h1-14,16,24,29H,15H2,(H,30,32)(H,31,33)(H,34,35)/p-1/b23-14+/t24-/m1/s1. The molecule has 0 spiro atoms. The normalized spacial score (nSPS) is 12.2. The molecule has 8 heteroatoms. The lowest BCUT2D eigenvalue weighted by atomic mass is 10.0. The molecule has 1 heterocycles. The predicted molar refractivity (Wildman–Crippen MR) is 127 cm³/mol. The van der Waals surface area contributed by atoms with E-state index in [0.717, 1.165) is 10.9 Å².